The molecule has 2 amide bonds. The number of anilines is 1. The number of benzene rings is 3. The van der Waals surface area contributed by atoms with Crippen LogP contribution in [0, 0.1) is 0 Å². The van der Waals surface area contributed by atoms with Crippen LogP contribution in [0.3, 0.4) is 0 Å². The molecule has 0 heterocycles. The van der Waals surface area contributed by atoms with E-state index >= 15 is 0 Å². The third-order valence-corrected chi connectivity index (χ3v) is 5.31. The van der Waals surface area contributed by atoms with Gasteiger partial charge in [0.25, 0.3) is 11.8 Å². The van der Waals surface area contributed by atoms with Gasteiger partial charge in [-0.1, -0.05) is 54.6 Å². The Hall–Kier alpha value is -3.03. The minimum Gasteiger partial charge on any atom is -0.345 e. The van der Waals surface area contributed by atoms with Crippen LogP contribution in [-0.2, 0) is 0 Å². The number of carbonyl (C=O) groups is 2. The zero-order valence-electron chi connectivity index (χ0n) is 16.2. The van der Waals surface area contributed by atoms with Crippen molar-refractivity contribution < 1.29 is 9.59 Å². The minimum absolute atomic E-state index is 0.104. The Labute approximate surface area is 189 Å². The molecule has 30 heavy (non-hydrogen) atoms. The third-order valence-electron chi connectivity index (χ3n) is 4.41. The molecule has 0 aliphatic rings. The number of hydrogen-bond donors (Lipinski definition) is 3. The standard InChI is InChI=1S/C23H20BrN3O2S/c1-15(16-9-3-2-4-10-16)25-22(29)18-12-6-8-14-20(18)26-23(30)27-21(28)17-11-5-7-13-19(17)24/h2-15H,1H3,(H,25,29)(H2,26,27,28,30). The Bertz CT molecular complexity index is 1070. The van der Waals surface area contributed by atoms with Crippen molar-refractivity contribution in [1.29, 1.82) is 0 Å². The first-order valence-corrected chi connectivity index (χ1v) is 10.5. The van der Waals surface area contributed by atoms with E-state index in [1.165, 1.54) is 0 Å². The van der Waals surface area contributed by atoms with Crippen molar-refractivity contribution in [3.63, 3.8) is 0 Å². The summed E-state index contributed by atoms with van der Waals surface area (Å²) in [6.07, 6.45) is 0. The van der Waals surface area contributed by atoms with Gasteiger partial charge in [0, 0.05) is 4.47 Å². The van der Waals surface area contributed by atoms with Crippen LogP contribution in [0.15, 0.2) is 83.3 Å². The third kappa shape index (κ3) is 5.52. The molecular formula is C23H20BrN3O2S. The van der Waals surface area contributed by atoms with Crippen LogP contribution in [-0.4, -0.2) is 16.9 Å². The summed E-state index contributed by atoms with van der Waals surface area (Å²) in [7, 11) is 0. The lowest BCUT2D eigenvalue weighted by Crippen LogP contribution is -2.35. The van der Waals surface area contributed by atoms with Crippen LogP contribution in [0.4, 0.5) is 5.69 Å². The Kier molecular flexibility index (Phi) is 7.32. The van der Waals surface area contributed by atoms with Crippen LogP contribution >= 0.6 is 28.1 Å². The van der Waals surface area contributed by atoms with Crippen molar-refractivity contribution in [2.45, 2.75) is 13.0 Å². The molecule has 0 fully saturated rings. The zero-order valence-corrected chi connectivity index (χ0v) is 18.6. The van der Waals surface area contributed by atoms with Gasteiger partial charge in [0.05, 0.1) is 22.9 Å². The zero-order chi connectivity index (χ0) is 21.5. The lowest BCUT2D eigenvalue weighted by molar-refractivity contribution is 0.0939. The molecule has 0 saturated carbocycles. The number of para-hydroxylation sites is 1. The summed E-state index contributed by atoms with van der Waals surface area (Å²) in [5, 5.41) is 8.67. The molecule has 0 saturated heterocycles. The topological polar surface area (TPSA) is 70.2 Å². The second kappa shape index (κ2) is 10.1. The quantitative estimate of drug-likeness (QED) is 0.445. The lowest BCUT2D eigenvalue weighted by atomic mass is 10.1. The fourth-order valence-electron chi connectivity index (χ4n) is 2.86. The molecule has 3 aromatic carbocycles. The minimum atomic E-state index is -0.348. The summed E-state index contributed by atoms with van der Waals surface area (Å²) < 4.78 is 0.667. The summed E-state index contributed by atoms with van der Waals surface area (Å²) >= 11 is 8.62. The van der Waals surface area contributed by atoms with Crippen LogP contribution in [0.5, 0.6) is 0 Å². The Morgan fingerprint density at radius 1 is 0.833 bits per heavy atom. The Morgan fingerprint density at radius 2 is 1.43 bits per heavy atom. The largest absolute Gasteiger partial charge is 0.345 e. The molecule has 3 rings (SSSR count). The smallest absolute Gasteiger partial charge is 0.258 e. The van der Waals surface area contributed by atoms with Crippen molar-refractivity contribution in [2.75, 3.05) is 5.32 Å². The normalized spacial score (nSPS) is 11.3. The second-order valence-electron chi connectivity index (χ2n) is 6.54. The monoisotopic (exact) mass is 481 g/mol. The van der Waals surface area contributed by atoms with Crippen LogP contribution in [0.25, 0.3) is 0 Å². The molecule has 1 atom stereocenters. The molecule has 7 heteroatoms. The van der Waals surface area contributed by atoms with Crippen molar-refractivity contribution in [3.8, 4) is 0 Å². The number of carbonyl (C=O) groups excluding carboxylic acids is 2. The number of thiocarbonyl (C=S) groups is 1. The number of amides is 2. The van der Waals surface area contributed by atoms with E-state index in [1.807, 2.05) is 43.3 Å². The second-order valence-corrected chi connectivity index (χ2v) is 7.80. The van der Waals surface area contributed by atoms with Gasteiger partial charge in [-0.05, 0) is 64.9 Å². The number of rotatable bonds is 5. The summed E-state index contributed by atoms with van der Waals surface area (Å²) in [4.78, 5) is 25.3. The van der Waals surface area contributed by atoms with Gasteiger partial charge in [0.2, 0.25) is 0 Å². The molecule has 152 valence electrons. The molecular weight excluding hydrogens is 462 g/mol. The van der Waals surface area contributed by atoms with E-state index in [0.29, 0.717) is 21.3 Å². The maximum absolute atomic E-state index is 12.8. The number of halogens is 1. The fraction of sp³-hybridized carbons (Fsp3) is 0.0870. The SMILES string of the molecule is CC(NC(=O)c1ccccc1NC(=S)NC(=O)c1ccccc1Br)c1ccccc1. The number of nitrogens with one attached hydrogen (secondary N) is 3. The van der Waals surface area contributed by atoms with Crippen LogP contribution < -0.4 is 16.0 Å². The molecule has 3 aromatic rings. The van der Waals surface area contributed by atoms with Crippen molar-refractivity contribution in [2.24, 2.45) is 0 Å². The first-order valence-electron chi connectivity index (χ1n) is 9.27. The van der Waals surface area contributed by atoms with Gasteiger partial charge in [0.15, 0.2) is 5.11 Å². The van der Waals surface area contributed by atoms with Crippen molar-refractivity contribution >= 4 is 50.8 Å². The Balaban J connectivity index is 1.69. The predicted molar refractivity (Wildman–Crippen MR) is 127 cm³/mol. The Morgan fingerprint density at radius 3 is 2.13 bits per heavy atom. The highest BCUT2D eigenvalue weighted by atomic mass is 79.9. The molecule has 0 aromatic heterocycles. The fourth-order valence-corrected chi connectivity index (χ4v) is 3.53. The molecule has 0 spiro atoms. The van der Waals surface area contributed by atoms with Gasteiger partial charge in [-0.25, -0.2) is 0 Å². The van der Waals surface area contributed by atoms with Gasteiger partial charge in [-0.15, -0.1) is 0 Å². The molecule has 0 aliphatic heterocycles. The van der Waals surface area contributed by atoms with E-state index in [0.717, 1.165) is 5.56 Å². The first kappa shape index (κ1) is 21.7. The van der Waals surface area contributed by atoms with Gasteiger partial charge in [-0.2, -0.15) is 0 Å². The first-order chi connectivity index (χ1) is 14.5. The number of hydrogen-bond acceptors (Lipinski definition) is 3. The van der Waals surface area contributed by atoms with E-state index < -0.39 is 0 Å². The maximum Gasteiger partial charge on any atom is 0.258 e. The van der Waals surface area contributed by atoms with Gasteiger partial charge < -0.3 is 10.6 Å². The highest BCUT2D eigenvalue weighted by Crippen LogP contribution is 2.19. The van der Waals surface area contributed by atoms with Crippen molar-refractivity contribution in [1.82, 2.24) is 10.6 Å². The summed E-state index contributed by atoms with van der Waals surface area (Å²) in [5.41, 5.74) is 2.40. The highest BCUT2D eigenvalue weighted by Gasteiger charge is 2.16. The van der Waals surface area contributed by atoms with E-state index in [2.05, 4.69) is 31.9 Å². The molecule has 3 N–H and O–H groups in total. The highest BCUT2D eigenvalue weighted by molar-refractivity contribution is 9.10. The molecule has 0 bridgehead atoms. The molecule has 0 radical (unpaired) electrons. The molecule has 1 unspecified atom stereocenters. The summed E-state index contributed by atoms with van der Waals surface area (Å²) in [6.45, 7) is 1.92. The van der Waals surface area contributed by atoms with Crippen LogP contribution in [0.2, 0.25) is 0 Å². The van der Waals surface area contributed by atoms with E-state index in [9.17, 15) is 9.59 Å². The summed E-state index contributed by atoms with van der Waals surface area (Å²) in [6, 6.07) is 23.6. The summed E-state index contributed by atoms with van der Waals surface area (Å²) in [5.74, 6) is -0.589. The average molecular weight is 482 g/mol. The van der Waals surface area contributed by atoms with Gasteiger partial charge in [0.1, 0.15) is 0 Å². The van der Waals surface area contributed by atoms with Crippen LogP contribution in [0.1, 0.15) is 39.2 Å². The predicted octanol–water partition coefficient (Wildman–Crippen LogP) is 5.07. The average Bonchev–Trinajstić information content (AvgIpc) is 2.74. The van der Waals surface area contributed by atoms with E-state index in [4.69, 9.17) is 12.2 Å². The maximum atomic E-state index is 12.8. The van der Waals surface area contributed by atoms with E-state index in [1.54, 1.807) is 42.5 Å². The van der Waals surface area contributed by atoms with E-state index in [-0.39, 0.29) is 23.0 Å². The van der Waals surface area contributed by atoms with Crippen molar-refractivity contribution in [3.05, 3.63) is 100 Å². The van der Waals surface area contributed by atoms with Gasteiger partial charge in [-0.3, -0.25) is 14.9 Å². The lowest BCUT2D eigenvalue weighted by Gasteiger charge is -2.17. The molecule has 0 aliphatic carbocycles. The molecule has 5 nitrogen and oxygen atoms in total. The van der Waals surface area contributed by atoms with Gasteiger partial charge >= 0.3 is 0 Å².